The van der Waals surface area contributed by atoms with E-state index in [-0.39, 0.29) is 11.6 Å². The molecule has 0 aliphatic heterocycles. The highest BCUT2D eigenvalue weighted by molar-refractivity contribution is 6.30. The lowest BCUT2D eigenvalue weighted by atomic mass is 10.1. The molecule has 35 heavy (non-hydrogen) atoms. The molecule has 3 aromatic heterocycles. The maximum Gasteiger partial charge on any atom is 0.278 e. The molecule has 0 atom stereocenters. The summed E-state index contributed by atoms with van der Waals surface area (Å²) in [5.74, 6) is -1.22. The van der Waals surface area contributed by atoms with Crippen LogP contribution < -0.4 is 10.6 Å². The van der Waals surface area contributed by atoms with E-state index in [0.29, 0.717) is 46.1 Å². The van der Waals surface area contributed by atoms with E-state index in [9.17, 15) is 13.6 Å². The highest BCUT2D eigenvalue weighted by atomic mass is 35.5. The number of aromatic nitrogens is 4. The molecule has 0 bridgehead atoms. The second kappa shape index (κ2) is 9.32. The van der Waals surface area contributed by atoms with E-state index in [2.05, 4.69) is 25.6 Å². The van der Waals surface area contributed by atoms with Gasteiger partial charge in [-0.2, -0.15) is 0 Å². The number of aromatic amines is 1. The van der Waals surface area contributed by atoms with Crippen LogP contribution in [0.2, 0.25) is 5.02 Å². The zero-order valence-electron chi connectivity index (χ0n) is 18.4. The van der Waals surface area contributed by atoms with Crippen molar-refractivity contribution in [2.75, 3.05) is 30.9 Å². The quantitative estimate of drug-likeness (QED) is 0.272. The SMILES string of the molecule is COCCNc1cc(F)cn2cc(C(=O)Nc3nc4ccc(-c5cc(F)cc(Cl)c5)cc4[nH]3)nc12. The molecule has 2 aromatic carbocycles. The fraction of sp³-hybridized carbons (Fsp3) is 0.125. The summed E-state index contributed by atoms with van der Waals surface area (Å²) >= 11 is 5.97. The number of carbonyl (C=O) groups is 1. The summed E-state index contributed by atoms with van der Waals surface area (Å²) in [6.45, 7) is 0.879. The Morgan fingerprint density at radius 1 is 1.09 bits per heavy atom. The van der Waals surface area contributed by atoms with E-state index in [1.165, 1.54) is 35.0 Å². The molecule has 0 aliphatic carbocycles. The summed E-state index contributed by atoms with van der Waals surface area (Å²) in [4.78, 5) is 24.6. The van der Waals surface area contributed by atoms with Gasteiger partial charge in [-0.25, -0.2) is 18.7 Å². The number of amides is 1. The monoisotopic (exact) mass is 496 g/mol. The fourth-order valence-corrected chi connectivity index (χ4v) is 3.95. The van der Waals surface area contributed by atoms with E-state index in [0.717, 1.165) is 5.56 Å². The number of carbonyl (C=O) groups excluding carboxylic acids is 1. The number of ether oxygens (including phenoxy) is 1. The van der Waals surface area contributed by atoms with E-state index >= 15 is 0 Å². The minimum atomic E-state index is -0.520. The number of hydrogen-bond donors (Lipinski definition) is 3. The number of nitrogens with zero attached hydrogens (tertiary/aromatic N) is 3. The van der Waals surface area contributed by atoms with Crippen molar-refractivity contribution in [3.05, 3.63) is 77.2 Å². The van der Waals surface area contributed by atoms with Crippen LogP contribution in [-0.2, 0) is 4.74 Å². The summed E-state index contributed by atoms with van der Waals surface area (Å²) in [6.07, 6.45) is 2.67. The topological polar surface area (TPSA) is 96.3 Å². The predicted molar refractivity (Wildman–Crippen MR) is 130 cm³/mol. The van der Waals surface area contributed by atoms with Crippen molar-refractivity contribution >= 4 is 45.8 Å². The van der Waals surface area contributed by atoms with Crippen molar-refractivity contribution in [3.63, 3.8) is 0 Å². The van der Waals surface area contributed by atoms with Gasteiger partial charge in [0, 0.05) is 37.1 Å². The first kappa shape index (κ1) is 22.8. The second-order valence-electron chi connectivity index (χ2n) is 7.78. The van der Waals surface area contributed by atoms with Crippen LogP contribution in [0.15, 0.2) is 54.9 Å². The zero-order valence-corrected chi connectivity index (χ0v) is 19.2. The Kier molecular flexibility index (Phi) is 6.06. The van der Waals surface area contributed by atoms with Crippen LogP contribution in [0.25, 0.3) is 27.8 Å². The normalized spacial score (nSPS) is 11.3. The van der Waals surface area contributed by atoms with Crippen LogP contribution in [0.4, 0.5) is 20.4 Å². The number of pyridine rings is 1. The van der Waals surface area contributed by atoms with Crippen molar-refractivity contribution in [1.82, 2.24) is 19.4 Å². The molecule has 8 nitrogen and oxygen atoms in total. The van der Waals surface area contributed by atoms with Crippen molar-refractivity contribution in [1.29, 1.82) is 0 Å². The molecule has 0 fully saturated rings. The number of hydrogen-bond acceptors (Lipinski definition) is 5. The minimum absolute atomic E-state index is 0.0842. The third-order valence-corrected chi connectivity index (χ3v) is 5.50. The molecule has 5 aromatic rings. The predicted octanol–water partition coefficient (Wildman–Crippen LogP) is 5.12. The molecule has 1 amide bonds. The van der Waals surface area contributed by atoms with Gasteiger partial charge in [-0.3, -0.25) is 10.1 Å². The van der Waals surface area contributed by atoms with Gasteiger partial charge in [0.2, 0.25) is 5.95 Å². The lowest BCUT2D eigenvalue weighted by Crippen LogP contribution is -2.13. The molecule has 3 N–H and O–H groups in total. The summed E-state index contributed by atoms with van der Waals surface area (Å²) in [5, 5.41) is 6.01. The first-order chi connectivity index (χ1) is 16.9. The number of benzene rings is 2. The molecule has 0 saturated carbocycles. The van der Waals surface area contributed by atoms with Crippen LogP contribution in [0.5, 0.6) is 0 Å². The van der Waals surface area contributed by atoms with Gasteiger partial charge < -0.3 is 19.4 Å². The maximum absolute atomic E-state index is 14.0. The molecule has 0 radical (unpaired) electrons. The van der Waals surface area contributed by atoms with Crippen LogP contribution in [-0.4, -0.2) is 45.5 Å². The lowest BCUT2D eigenvalue weighted by Gasteiger charge is -2.07. The highest BCUT2D eigenvalue weighted by Gasteiger charge is 2.16. The number of halogens is 3. The van der Waals surface area contributed by atoms with Crippen molar-refractivity contribution < 1.29 is 18.3 Å². The molecule has 0 spiro atoms. The van der Waals surface area contributed by atoms with Crippen LogP contribution in [0.3, 0.4) is 0 Å². The Bertz CT molecular complexity index is 1540. The van der Waals surface area contributed by atoms with Gasteiger partial charge in [-0.15, -0.1) is 0 Å². The van der Waals surface area contributed by atoms with E-state index in [1.54, 1.807) is 31.4 Å². The fourth-order valence-electron chi connectivity index (χ4n) is 3.73. The Morgan fingerprint density at radius 2 is 1.94 bits per heavy atom. The van der Waals surface area contributed by atoms with Crippen LogP contribution >= 0.6 is 11.6 Å². The molecule has 0 aliphatic rings. The van der Waals surface area contributed by atoms with E-state index < -0.39 is 17.5 Å². The smallest absolute Gasteiger partial charge is 0.278 e. The van der Waals surface area contributed by atoms with Gasteiger partial charge in [0.15, 0.2) is 5.65 Å². The number of imidazole rings is 2. The van der Waals surface area contributed by atoms with Gasteiger partial charge in [-0.1, -0.05) is 17.7 Å². The van der Waals surface area contributed by atoms with Crippen molar-refractivity contribution in [2.45, 2.75) is 0 Å². The molecule has 3 heterocycles. The highest BCUT2D eigenvalue weighted by Crippen LogP contribution is 2.27. The molecule has 178 valence electrons. The Hall–Kier alpha value is -4.02. The Morgan fingerprint density at radius 3 is 2.74 bits per heavy atom. The second-order valence-corrected chi connectivity index (χ2v) is 8.21. The lowest BCUT2D eigenvalue weighted by molar-refractivity contribution is 0.102. The van der Waals surface area contributed by atoms with Crippen LogP contribution in [0.1, 0.15) is 10.5 Å². The summed E-state index contributed by atoms with van der Waals surface area (Å²) in [7, 11) is 1.57. The van der Waals surface area contributed by atoms with Gasteiger partial charge in [-0.05, 0) is 41.5 Å². The molecule has 0 unspecified atom stereocenters. The number of H-pyrrole nitrogens is 1. The summed E-state index contributed by atoms with van der Waals surface area (Å²) in [6, 6.07) is 10.9. The van der Waals surface area contributed by atoms with Gasteiger partial charge >= 0.3 is 0 Å². The third-order valence-electron chi connectivity index (χ3n) is 5.28. The average molecular weight is 497 g/mol. The number of methoxy groups -OCH3 is 1. The van der Waals surface area contributed by atoms with Crippen molar-refractivity contribution in [2.24, 2.45) is 0 Å². The van der Waals surface area contributed by atoms with E-state index in [1.807, 2.05) is 0 Å². The number of nitrogens with one attached hydrogen (secondary N) is 3. The Balaban J connectivity index is 1.39. The third kappa shape index (κ3) is 4.79. The number of rotatable bonds is 7. The molecular weight excluding hydrogens is 478 g/mol. The van der Waals surface area contributed by atoms with Crippen LogP contribution in [0, 0.1) is 11.6 Å². The molecular formula is C24H19ClF2N6O2. The summed E-state index contributed by atoms with van der Waals surface area (Å²) in [5.41, 5.74) is 3.51. The van der Waals surface area contributed by atoms with Gasteiger partial charge in [0.25, 0.3) is 5.91 Å². The van der Waals surface area contributed by atoms with Gasteiger partial charge in [0.1, 0.15) is 17.3 Å². The number of fused-ring (bicyclic) bond motifs is 2. The van der Waals surface area contributed by atoms with Gasteiger partial charge in [0.05, 0.1) is 23.3 Å². The summed E-state index contributed by atoms with van der Waals surface area (Å²) < 4.78 is 34.2. The molecule has 0 saturated heterocycles. The largest absolute Gasteiger partial charge is 0.383 e. The first-order valence-electron chi connectivity index (χ1n) is 10.6. The van der Waals surface area contributed by atoms with Crippen molar-refractivity contribution in [3.8, 4) is 11.1 Å². The number of anilines is 2. The molecule has 5 rings (SSSR count). The average Bonchev–Trinajstić information content (AvgIpc) is 3.41. The van der Waals surface area contributed by atoms with E-state index in [4.69, 9.17) is 16.3 Å². The maximum atomic E-state index is 14.0. The minimum Gasteiger partial charge on any atom is -0.383 e. The zero-order chi connectivity index (χ0) is 24.5. The Labute approximate surface area is 202 Å². The molecule has 11 heteroatoms. The first-order valence-corrected chi connectivity index (χ1v) is 11.0. The standard InChI is InChI=1S/C24H19ClF2N6O2/c1-35-5-4-28-20-10-17(27)11-33-12-21(29-22(20)33)23(34)32-24-30-18-3-2-13(8-19(18)31-24)14-6-15(25)9-16(26)7-14/h2-3,6-12,28H,4-5H2,1H3,(H2,30,31,32,34).